The van der Waals surface area contributed by atoms with Gasteiger partial charge in [0.05, 0.1) is 15.4 Å². The Morgan fingerprint density at radius 3 is 2.56 bits per heavy atom. The number of imide groups is 1. The fourth-order valence-corrected chi connectivity index (χ4v) is 6.32. The first-order valence-corrected chi connectivity index (χ1v) is 14.7. The Labute approximate surface area is 230 Å². The van der Waals surface area contributed by atoms with Crippen LogP contribution in [-0.4, -0.2) is 81.7 Å². The maximum absolute atomic E-state index is 13.2. The van der Waals surface area contributed by atoms with Crippen molar-refractivity contribution < 1.29 is 32.3 Å². The number of fused-ring (bicyclic) bond motifs is 1. The van der Waals surface area contributed by atoms with Crippen LogP contribution < -0.4 is 19.7 Å². The third-order valence-electron chi connectivity index (χ3n) is 6.63. The van der Waals surface area contributed by atoms with Crippen molar-refractivity contribution >= 4 is 50.6 Å². The summed E-state index contributed by atoms with van der Waals surface area (Å²) < 4.78 is 37.1. The van der Waals surface area contributed by atoms with Crippen molar-refractivity contribution in [3.63, 3.8) is 0 Å². The highest BCUT2D eigenvalue weighted by atomic mass is 32.2. The molecule has 39 heavy (non-hydrogen) atoms. The molecule has 0 unspecified atom stereocenters. The van der Waals surface area contributed by atoms with Crippen LogP contribution in [0.5, 0.6) is 11.5 Å². The summed E-state index contributed by atoms with van der Waals surface area (Å²) in [5.41, 5.74) is 1.58. The van der Waals surface area contributed by atoms with E-state index >= 15 is 0 Å². The highest BCUT2D eigenvalue weighted by Gasteiger charge is 2.35. The van der Waals surface area contributed by atoms with Gasteiger partial charge in [-0.25, -0.2) is 12.7 Å². The monoisotopic (exact) mass is 572 g/mol. The molecular formula is C26H28N4O7S2. The SMILES string of the molecule is CN(C)S(=O)(=O)c1ccc(N2CCCC2)c(C(=O)NCCN2C(=O)S/C(=C\c3ccc4c(c3)OCO4)C2=O)c1. The van der Waals surface area contributed by atoms with Crippen molar-refractivity contribution in [1.82, 2.24) is 14.5 Å². The van der Waals surface area contributed by atoms with Crippen LogP contribution in [0.25, 0.3) is 6.08 Å². The third-order valence-corrected chi connectivity index (χ3v) is 9.35. The van der Waals surface area contributed by atoms with Gasteiger partial charge in [0.15, 0.2) is 11.5 Å². The molecule has 0 aliphatic carbocycles. The Hall–Kier alpha value is -3.55. The van der Waals surface area contributed by atoms with Crippen LogP contribution in [0.3, 0.4) is 0 Å². The van der Waals surface area contributed by atoms with Gasteiger partial charge in [-0.2, -0.15) is 0 Å². The number of ether oxygens (including phenoxy) is 2. The number of nitrogens with one attached hydrogen (secondary N) is 1. The zero-order valence-electron chi connectivity index (χ0n) is 21.5. The summed E-state index contributed by atoms with van der Waals surface area (Å²) in [6.07, 6.45) is 3.58. The molecule has 2 fully saturated rings. The molecule has 0 bridgehead atoms. The van der Waals surface area contributed by atoms with E-state index in [0.717, 1.165) is 46.9 Å². The summed E-state index contributed by atoms with van der Waals surface area (Å²) in [5.74, 6) is 0.263. The summed E-state index contributed by atoms with van der Waals surface area (Å²) in [5, 5.41) is 2.32. The molecule has 5 rings (SSSR count). The number of amides is 3. The number of nitrogens with zero attached hydrogens (tertiary/aromatic N) is 3. The predicted molar refractivity (Wildman–Crippen MR) is 146 cm³/mol. The van der Waals surface area contributed by atoms with E-state index in [1.165, 1.54) is 26.2 Å². The smallest absolute Gasteiger partial charge is 0.293 e. The quantitative estimate of drug-likeness (QED) is 0.475. The van der Waals surface area contributed by atoms with E-state index in [1.807, 2.05) is 0 Å². The van der Waals surface area contributed by atoms with Crippen LogP contribution in [0.15, 0.2) is 46.2 Å². The second kappa shape index (κ2) is 10.9. The van der Waals surface area contributed by atoms with Crippen molar-refractivity contribution in [2.75, 3.05) is 52.0 Å². The van der Waals surface area contributed by atoms with Gasteiger partial charge in [0.1, 0.15) is 0 Å². The number of carbonyl (C=O) groups is 3. The van der Waals surface area contributed by atoms with Crippen LogP contribution in [0.2, 0.25) is 0 Å². The first-order valence-electron chi connectivity index (χ1n) is 12.4. The lowest BCUT2D eigenvalue weighted by Crippen LogP contribution is -2.37. The fraction of sp³-hybridized carbons (Fsp3) is 0.346. The number of hydrogen-bond donors (Lipinski definition) is 1. The van der Waals surface area contributed by atoms with Crippen molar-refractivity contribution in [3.8, 4) is 11.5 Å². The largest absolute Gasteiger partial charge is 0.454 e. The van der Waals surface area contributed by atoms with Gasteiger partial charge in [-0.05, 0) is 66.6 Å². The maximum Gasteiger partial charge on any atom is 0.293 e. The van der Waals surface area contributed by atoms with E-state index in [2.05, 4.69) is 10.2 Å². The molecule has 3 aliphatic rings. The molecule has 2 aromatic carbocycles. The van der Waals surface area contributed by atoms with Crippen LogP contribution >= 0.6 is 11.8 Å². The van der Waals surface area contributed by atoms with E-state index in [9.17, 15) is 22.8 Å². The van der Waals surface area contributed by atoms with Crippen LogP contribution in [0.4, 0.5) is 10.5 Å². The minimum Gasteiger partial charge on any atom is -0.454 e. The standard InChI is InChI=1S/C26H28N4O7S2/c1-28(2)39(34,35)18-6-7-20(29-10-3-4-11-29)19(15-18)24(31)27-9-12-30-25(32)23(38-26(30)33)14-17-5-8-21-22(13-17)37-16-36-21/h5-8,13-15H,3-4,9-12,16H2,1-2H3,(H,27,31)/b23-14-. The Kier molecular flexibility index (Phi) is 7.56. The molecule has 2 saturated heterocycles. The Bertz CT molecular complexity index is 1470. The molecule has 3 amide bonds. The highest BCUT2D eigenvalue weighted by Crippen LogP contribution is 2.36. The van der Waals surface area contributed by atoms with Crippen molar-refractivity contribution in [3.05, 3.63) is 52.4 Å². The zero-order chi connectivity index (χ0) is 27.7. The van der Waals surface area contributed by atoms with Gasteiger partial charge in [0.2, 0.25) is 16.8 Å². The highest BCUT2D eigenvalue weighted by molar-refractivity contribution is 8.18. The minimum absolute atomic E-state index is 0.0122. The van der Waals surface area contributed by atoms with Gasteiger partial charge in [0.25, 0.3) is 17.1 Å². The number of rotatable bonds is 8. The summed E-state index contributed by atoms with van der Waals surface area (Å²) in [4.78, 5) is 42.1. The van der Waals surface area contributed by atoms with Crippen molar-refractivity contribution in [1.29, 1.82) is 0 Å². The molecule has 3 heterocycles. The number of benzene rings is 2. The molecule has 0 atom stereocenters. The van der Waals surface area contributed by atoms with Crippen LogP contribution in [0, 0.1) is 0 Å². The summed E-state index contributed by atoms with van der Waals surface area (Å²) >= 11 is 0.828. The lowest BCUT2D eigenvalue weighted by molar-refractivity contribution is -0.122. The molecule has 0 aromatic heterocycles. The van der Waals surface area contributed by atoms with Crippen LogP contribution in [-0.2, 0) is 14.8 Å². The van der Waals surface area contributed by atoms with E-state index in [4.69, 9.17) is 9.47 Å². The van der Waals surface area contributed by atoms with E-state index < -0.39 is 27.1 Å². The fourth-order valence-electron chi connectivity index (χ4n) is 4.53. The van der Waals surface area contributed by atoms with Gasteiger partial charge >= 0.3 is 0 Å². The molecule has 11 nitrogen and oxygen atoms in total. The first kappa shape index (κ1) is 27.0. The molecule has 0 spiro atoms. The minimum atomic E-state index is -3.74. The summed E-state index contributed by atoms with van der Waals surface area (Å²) in [6.45, 7) is 1.66. The van der Waals surface area contributed by atoms with Gasteiger partial charge in [-0.3, -0.25) is 19.3 Å². The molecule has 2 aromatic rings. The topological polar surface area (TPSA) is 126 Å². The van der Waals surface area contributed by atoms with Crippen molar-refractivity contribution in [2.45, 2.75) is 17.7 Å². The molecule has 13 heteroatoms. The predicted octanol–water partition coefficient (Wildman–Crippen LogP) is 2.73. The average molecular weight is 573 g/mol. The van der Waals surface area contributed by atoms with E-state index in [0.29, 0.717) is 22.7 Å². The molecule has 3 aliphatic heterocycles. The molecule has 1 N–H and O–H groups in total. The summed E-state index contributed by atoms with van der Waals surface area (Å²) in [7, 11) is -0.881. The lowest BCUT2D eigenvalue weighted by atomic mass is 10.1. The van der Waals surface area contributed by atoms with Gasteiger partial charge in [-0.15, -0.1) is 0 Å². The van der Waals surface area contributed by atoms with Gasteiger partial charge in [-0.1, -0.05) is 6.07 Å². The van der Waals surface area contributed by atoms with E-state index in [-0.39, 0.29) is 35.2 Å². The van der Waals surface area contributed by atoms with Gasteiger partial charge in [0, 0.05) is 46.0 Å². The first-order chi connectivity index (χ1) is 18.6. The Morgan fingerprint density at radius 2 is 1.82 bits per heavy atom. The number of anilines is 1. The van der Waals surface area contributed by atoms with Crippen LogP contribution in [0.1, 0.15) is 28.8 Å². The van der Waals surface area contributed by atoms with Crippen molar-refractivity contribution in [2.24, 2.45) is 0 Å². The molecular weight excluding hydrogens is 544 g/mol. The lowest BCUT2D eigenvalue weighted by Gasteiger charge is -2.22. The number of thioether (sulfide) groups is 1. The number of hydrogen-bond acceptors (Lipinski definition) is 9. The Balaban J connectivity index is 1.28. The number of carbonyl (C=O) groups excluding carboxylic acids is 3. The second-order valence-electron chi connectivity index (χ2n) is 9.36. The molecule has 0 radical (unpaired) electrons. The van der Waals surface area contributed by atoms with E-state index in [1.54, 1.807) is 30.3 Å². The zero-order valence-corrected chi connectivity index (χ0v) is 23.1. The molecule has 206 valence electrons. The third kappa shape index (κ3) is 5.47. The molecule has 0 saturated carbocycles. The van der Waals surface area contributed by atoms with Gasteiger partial charge < -0.3 is 19.7 Å². The maximum atomic E-state index is 13.2. The second-order valence-corrected chi connectivity index (χ2v) is 12.5. The number of sulfonamides is 1. The summed E-state index contributed by atoms with van der Waals surface area (Å²) in [6, 6.07) is 9.79. The average Bonchev–Trinajstić information content (AvgIpc) is 3.66. The Morgan fingerprint density at radius 1 is 1.08 bits per heavy atom. The normalized spacial score (nSPS) is 18.1.